The molecule has 0 radical (unpaired) electrons. The molecule has 1 fully saturated rings. The quantitative estimate of drug-likeness (QED) is 0.797. The fraction of sp³-hybridized carbons (Fsp3) is 0.429. The van der Waals surface area contributed by atoms with E-state index in [9.17, 15) is 31.2 Å². The maximum absolute atomic E-state index is 12.9. The molecule has 1 N–H and O–H groups in total. The number of ether oxygens (including phenoxy) is 1. The number of carbonyl (C=O) groups is 2. The van der Waals surface area contributed by atoms with Crippen molar-refractivity contribution < 1.29 is 41.0 Å². The van der Waals surface area contributed by atoms with Crippen LogP contribution in [-0.2, 0) is 25.7 Å². The molecule has 1 aromatic rings. The van der Waals surface area contributed by atoms with Gasteiger partial charge in [0.2, 0.25) is 10.0 Å². The number of alkyl halides is 3. The van der Waals surface area contributed by atoms with Crippen LogP contribution in [0.15, 0.2) is 23.1 Å². The zero-order chi connectivity index (χ0) is 19.0. The summed E-state index contributed by atoms with van der Waals surface area (Å²) in [5.74, 6) is -2.55. The zero-order valence-corrected chi connectivity index (χ0v) is 13.7. The Kier molecular flexibility index (Phi) is 5.09. The van der Waals surface area contributed by atoms with E-state index in [1.165, 1.54) is 0 Å². The summed E-state index contributed by atoms with van der Waals surface area (Å²) in [6, 6.07) is 0.181. The maximum atomic E-state index is 12.9. The highest BCUT2D eigenvalue weighted by atomic mass is 32.2. The van der Waals surface area contributed by atoms with Gasteiger partial charge in [-0.3, -0.25) is 4.79 Å². The largest absolute Gasteiger partial charge is 0.480 e. The van der Waals surface area contributed by atoms with Gasteiger partial charge in [-0.15, -0.1) is 0 Å². The monoisotopic (exact) mass is 381 g/mol. The number of methoxy groups -OCH3 is 1. The highest BCUT2D eigenvalue weighted by molar-refractivity contribution is 7.89. The van der Waals surface area contributed by atoms with Crippen molar-refractivity contribution >= 4 is 22.0 Å². The summed E-state index contributed by atoms with van der Waals surface area (Å²) in [6.45, 7) is -0.170. The molecule has 0 spiro atoms. The number of carboxylic acid groups (broad SMARTS) is 1. The van der Waals surface area contributed by atoms with Crippen LogP contribution >= 0.6 is 0 Å². The minimum Gasteiger partial charge on any atom is -0.480 e. The molecular weight excluding hydrogens is 367 g/mol. The van der Waals surface area contributed by atoms with Crippen LogP contribution in [0, 0.1) is 0 Å². The number of aliphatic carboxylic acids is 1. The van der Waals surface area contributed by atoms with Crippen LogP contribution < -0.4 is 0 Å². The molecule has 25 heavy (non-hydrogen) atoms. The lowest BCUT2D eigenvalue weighted by atomic mass is 10.1. The topological polar surface area (TPSA) is 101 Å². The van der Waals surface area contributed by atoms with E-state index in [2.05, 4.69) is 4.74 Å². The third kappa shape index (κ3) is 3.61. The van der Waals surface area contributed by atoms with E-state index in [1.807, 2.05) is 0 Å². The summed E-state index contributed by atoms with van der Waals surface area (Å²) < 4.78 is 69.3. The minimum atomic E-state index is -4.84. The van der Waals surface area contributed by atoms with Crippen LogP contribution in [0.2, 0.25) is 0 Å². The molecule has 0 aromatic heterocycles. The van der Waals surface area contributed by atoms with E-state index in [4.69, 9.17) is 5.11 Å². The second-order valence-electron chi connectivity index (χ2n) is 5.31. The van der Waals surface area contributed by atoms with Gasteiger partial charge in [0, 0.05) is 6.54 Å². The summed E-state index contributed by atoms with van der Waals surface area (Å²) in [7, 11) is -3.70. The van der Waals surface area contributed by atoms with Gasteiger partial charge < -0.3 is 9.84 Å². The number of rotatable bonds is 4. The second kappa shape index (κ2) is 6.64. The molecule has 138 valence electrons. The number of hydrogen-bond donors (Lipinski definition) is 1. The highest BCUT2D eigenvalue weighted by Gasteiger charge is 2.42. The van der Waals surface area contributed by atoms with Gasteiger partial charge in [0.1, 0.15) is 6.04 Å². The molecule has 1 heterocycles. The third-order valence-electron chi connectivity index (χ3n) is 3.79. The average Bonchev–Trinajstić information content (AvgIpc) is 3.03. The Morgan fingerprint density at radius 1 is 1.32 bits per heavy atom. The molecular formula is C14H14F3NO6S. The van der Waals surface area contributed by atoms with E-state index in [-0.39, 0.29) is 19.4 Å². The Labute approximate surface area is 141 Å². The Morgan fingerprint density at radius 3 is 2.48 bits per heavy atom. The molecule has 7 nitrogen and oxygen atoms in total. The van der Waals surface area contributed by atoms with E-state index >= 15 is 0 Å². The van der Waals surface area contributed by atoms with Crippen LogP contribution in [0.4, 0.5) is 13.2 Å². The number of benzene rings is 1. The van der Waals surface area contributed by atoms with Gasteiger partial charge in [-0.05, 0) is 31.0 Å². The van der Waals surface area contributed by atoms with E-state index in [0.29, 0.717) is 22.5 Å². The van der Waals surface area contributed by atoms with Gasteiger partial charge >= 0.3 is 18.1 Å². The number of halogens is 3. The van der Waals surface area contributed by atoms with Gasteiger partial charge in [0.25, 0.3) is 0 Å². The molecule has 0 unspecified atom stereocenters. The number of nitrogens with zero attached hydrogens (tertiary/aromatic N) is 1. The summed E-state index contributed by atoms with van der Waals surface area (Å²) in [5, 5.41) is 9.12. The molecule has 11 heteroatoms. The molecule has 1 aromatic carbocycles. The summed E-state index contributed by atoms with van der Waals surface area (Å²) in [4.78, 5) is 22.1. The Morgan fingerprint density at radius 2 is 1.96 bits per heavy atom. The zero-order valence-electron chi connectivity index (χ0n) is 12.9. The van der Waals surface area contributed by atoms with Gasteiger partial charge in [0.05, 0.1) is 23.1 Å². The minimum absolute atomic E-state index is 0.0289. The second-order valence-corrected chi connectivity index (χ2v) is 7.17. The predicted octanol–water partition coefficient (Wildman–Crippen LogP) is 1.73. The third-order valence-corrected chi connectivity index (χ3v) is 5.74. The van der Waals surface area contributed by atoms with Crippen molar-refractivity contribution in [2.75, 3.05) is 13.7 Å². The SMILES string of the molecule is COC(=O)c1ccc(C(F)(F)F)cc1S(=O)(=O)N1CCC[C@H]1C(=O)O. The van der Waals surface area contributed by atoms with Crippen molar-refractivity contribution in [3.05, 3.63) is 29.3 Å². The molecule has 1 aliphatic rings. The summed E-state index contributed by atoms with van der Waals surface area (Å²) in [5.41, 5.74) is -1.86. The Bertz CT molecular complexity index is 805. The molecule has 2 rings (SSSR count). The number of hydrogen-bond acceptors (Lipinski definition) is 5. The van der Waals surface area contributed by atoms with Crippen LogP contribution in [0.25, 0.3) is 0 Å². The number of carbonyl (C=O) groups excluding carboxylic acids is 1. The van der Waals surface area contributed by atoms with E-state index in [0.717, 1.165) is 7.11 Å². The lowest BCUT2D eigenvalue weighted by Gasteiger charge is -2.22. The first kappa shape index (κ1) is 19.2. The Hall–Kier alpha value is -2.14. The number of esters is 1. The fourth-order valence-electron chi connectivity index (χ4n) is 2.59. The van der Waals surface area contributed by atoms with Crippen molar-refractivity contribution in [2.24, 2.45) is 0 Å². The first-order chi connectivity index (χ1) is 11.5. The van der Waals surface area contributed by atoms with Gasteiger partial charge in [-0.25, -0.2) is 13.2 Å². The number of carboxylic acids is 1. The average molecular weight is 381 g/mol. The molecule has 1 saturated heterocycles. The molecule has 1 aliphatic heterocycles. The van der Waals surface area contributed by atoms with Gasteiger partial charge in [0.15, 0.2) is 0 Å². The molecule has 0 bridgehead atoms. The molecule has 1 atom stereocenters. The van der Waals surface area contributed by atoms with Crippen LogP contribution in [0.1, 0.15) is 28.8 Å². The summed E-state index contributed by atoms with van der Waals surface area (Å²) in [6.07, 6.45) is -4.57. The lowest BCUT2D eigenvalue weighted by molar-refractivity contribution is -0.141. The molecule has 0 aliphatic carbocycles. The van der Waals surface area contributed by atoms with Crippen molar-refractivity contribution in [3.63, 3.8) is 0 Å². The first-order valence-corrected chi connectivity index (χ1v) is 8.48. The smallest absolute Gasteiger partial charge is 0.416 e. The Balaban J connectivity index is 2.65. The fourth-order valence-corrected chi connectivity index (χ4v) is 4.45. The summed E-state index contributed by atoms with van der Waals surface area (Å²) >= 11 is 0. The molecule has 0 amide bonds. The van der Waals surface area contributed by atoms with Crippen molar-refractivity contribution in [1.29, 1.82) is 0 Å². The number of sulfonamides is 1. The normalized spacial score (nSPS) is 19.0. The molecule has 0 saturated carbocycles. The van der Waals surface area contributed by atoms with E-state index in [1.54, 1.807) is 0 Å². The predicted molar refractivity (Wildman–Crippen MR) is 77.3 cm³/mol. The van der Waals surface area contributed by atoms with Crippen LogP contribution in [0.5, 0.6) is 0 Å². The van der Waals surface area contributed by atoms with Gasteiger partial charge in [-0.2, -0.15) is 17.5 Å². The lowest BCUT2D eigenvalue weighted by Crippen LogP contribution is -2.41. The van der Waals surface area contributed by atoms with Gasteiger partial charge in [-0.1, -0.05) is 0 Å². The van der Waals surface area contributed by atoms with Crippen LogP contribution in [0.3, 0.4) is 0 Å². The van der Waals surface area contributed by atoms with Crippen molar-refractivity contribution in [1.82, 2.24) is 4.31 Å². The highest BCUT2D eigenvalue weighted by Crippen LogP contribution is 2.34. The maximum Gasteiger partial charge on any atom is 0.416 e. The van der Waals surface area contributed by atoms with Crippen molar-refractivity contribution in [2.45, 2.75) is 30.0 Å². The van der Waals surface area contributed by atoms with Crippen molar-refractivity contribution in [3.8, 4) is 0 Å². The van der Waals surface area contributed by atoms with E-state index < -0.39 is 50.2 Å². The van der Waals surface area contributed by atoms with Crippen LogP contribution in [-0.4, -0.2) is 49.5 Å². The standard InChI is InChI=1S/C14H14F3NO6S/c1-24-13(21)9-5-4-8(14(15,16)17)7-11(9)25(22,23)18-6-2-3-10(18)12(19)20/h4-5,7,10H,2-3,6H2,1H3,(H,19,20)/t10-/m0/s1. The first-order valence-electron chi connectivity index (χ1n) is 7.04.